The molecule has 0 spiro atoms. The number of benzene rings is 1. The number of likely N-dealkylation sites (tertiary alicyclic amines) is 1. The van der Waals surface area contributed by atoms with Crippen LogP contribution in [0.3, 0.4) is 0 Å². The first kappa shape index (κ1) is 17.0. The van der Waals surface area contributed by atoms with Gasteiger partial charge in [-0.3, -0.25) is 9.69 Å². The number of ether oxygens (including phenoxy) is 2. The lowest BCUT2D eigenvalue weighted by molar-refractivity contribution is 0.0185. The highest BCUT2D eigenvalue weighted by Crippen LogP contribution is 2.26. The number of hydrogen-bond acceptors (Lipinski definition) is 5. The van der Waals surface area contributed by atoms with Gasteiger partial charge in [-0.1, -0.05) is 18.2 Å². The van der Waals surface area contributed by atoms with E-state index in [0.29, 0.717) is 23.2 Å². The fourth-order valence-corrected chi connectivity index (χ4v) is 3.57. The number of para-hydroxylation sites is 1. The Balaban J connectivity index is 1.46. The van der Waals surface area contributed by atoms with Crippen LogP contribution in [0.25, 0.3) is 0 Å². The zero-order valence-electron chi connectivity index (χ0n) is 14.7. The van der Waals surface area contributed by atoms with Gasteiger partial charge in [0.15, 0.2) is 11.4 Å². The molecule has 1 unspecified atom stereocenters. The molecule has 1 amide bonds. The van der Waals surface area contributed by atoms with Crippen molar-refractivity contribution in [2.24, 2.45) is 0 Å². The van der Waals surface area contributed by atoms with E-state index in [1.807, 2.05) is 35.2 Å². The van der Waals surface area contributed by atoms with Crippen molar-refractivity contribution < 1.29 is 14.3 Å². The lowest BCUT2D eigenvalue weighted by Gasteiger charge is -2.32. The predicted octanol–water partition coefficient (Wildman–Crippen LogP) is 2.42. The summed E-state index contributed by atoms with van der Waals surface area (Å²) in [6, 6.07) is 13.5. The number of aromatic nitrogens is 1. The monoisotopic (exact) mass is 353 g/mol. The maximum atomic E-state index is 13.0. The van der Waals surface area contributed by atoms with E-state index in [-0.39, 0.29) is 5.91 Å². The van der Waals surface area contributed by atoms with Gasteiger partial charge in [-0.15, -0.1) is 0 Å². The number of hydrogen-bond donors (Lipinski definition) is 0. The fraction of sp³-hybridized carbons (Fsp3) is 0.400. The SMILES string of the molecule is O=C(c1ncccc1Oc1ccccc1)N1CCC(N2CCOCC2)C1. The van der Waals surface area contributed by atoms with Crippen molar-refractivity contribution in [3.05, 3.63) is 54.4 Å². The quantitative estimate of drug-likeness (QED) is 0.845. The topological polar surface area (TPSA) is 54.9 Å². The predicted molar refractivity (Wildman–Crippen MR) is 97.5 cm³/mol. The second kappa shape index (κ2) is 7.85. The number of amides is 1. The van der Waals surface area contributed by atoms with Crippen LogP contribution in [-0.4, -0.2) is 66.1 Å². The highest BCUT2D eigenvalue weighted by molar-refractivity contribution is 5.95. The molecule has 0 saturated carbocycles. The van der Waals surface area contributed by atoms with Crippen LogP contribution >= 0.6 is 0 Å². The third-order valence-electron chi connectivity index (χ3n) is 4.96. The van der Waals surface area contributed by atoms with E-state index in [1.165, 1.54) is 0 Å². The van der Waals surface area contributed by atoms with Crippen LogP contribution in [0, 0.1) is 0 Å². The van der Waals surface area contributed by atoms with Crippen molar-refractivity contribution >= 4 is 5.91 Å². The third kappa shape index (κ3) is 3.71. The molecule has 1 aromatic heterocycles. The second-order valence-electron chi connectivity index (χ2n) is 6.61. The minimum Gasteiger partial charge on any atom is -0.455 e. The van der Waals surface area contributed by atoms with Gasteiger partial charge >= 0.3 is 0 Å². The number of carbonyl (C=O) groups is 1. The van der Waals surface area contributed by atoms with Gasteiger partial charge in [-0.2, -0.15) is 0 Å². The molecule has 2 saturated heterocycles. The molecular weight excluding hydrogens is 330 g/mol. The van der Waals surface area contributed by atoms with Gasteiger partial charge in [0.05, 0.1) is 13.2 Å². The van der Waals surface area contributed by atoms with Crippen LogP contribution in [0.2, 0.25) is 0 Å². The molecule has 26 heavy (non-hydrogen) atoms. The molecular formula is C20H23N3O3. The first-order valence-electron chi connectivity index (χ1n) is 9.10. The number of nitrogens with zero attached hydrogens (tertiary/aromatic N) is 3. The molecule has 6 heteroatoms. The van der Waals surface area contributed by atoms with Crippen molar-refractivity contribution in [1.82, 2.24) is 14.8 Å². The van der Waals surface area contributed by atoms with Crippen molar-refractivity contribution in [2.45, 2.75) is 12.5 Å². The summed E-state index contributed by atoms with van der Waals surface area (Å²) in [4.78, 5) is 21.7. The normalized spacial score (nSPS) is 20.9. The largest absolute Gasteiger partial charge is 0.455 e. The summed E-state index contributed by atoms with van der Waals surface area (Å²) in [6.07, 6.45) is 2.63. The molecule has 0 radical (unpaired) electrons. The second-order valence-corrected chi connectivity index (χ2v) is 6.61. The number of pyridine rings is 1. The van der Waals surface area contributed by atoms with Crippen LogP contribution in [0.1, 0.15) is 16.9 Å². The fourth-order valence-electron chi connectivity index (χ4n) is 3.57. The van der Waals surface area contributed by atoms with Crippen molar-refractivity contribution in [1.29, 1.82) is 0 Å². The molecule has 136 valence electrons. The van der Waals surface area contributed by atoms with E-state index in [4.69, 9.17) is 9.47 Å². The average molecular weight is 353 g/mol. The smallest absolute Gasteiger partial charge is 0.276 e. The third-order valence-corrected chi connectivity index (χ3v) is 4.96. The minimum atomic E-state index is -0.0627. The van der Waals surface area contributed by atoms with Gasteiger partial charge in [-0.25, -0.2) is 4.98 Å². The lowest BCUT2D eigenvalue weighted by Crippen LogP contribution is -2.45. The van der Waals surface area contributed by atoms with E-state index in [2.05, 4.69) is 9.88 Å². The molecule has 0 aliphatic carbocycles. The maximum Gasteiger partial charge on any atom is 0.276 e. The first-order valence-corrected chi connectivity index (χ1v) is 9.10. The molecule has 1 aromatic carbocycles. The van der Waals surface area contributed by atoms with Gasteiger partial charge in [0, 0.05) is 38.4 Å². The Hall–Kier alpha value is -2.44. The molecule has 6 nitrogen and oxygen atoms in total. The van der Waals surface area contributed by atoms with Gasteiger partial charge in [0.2, 0.25) is 0 Å². The Morgan fingerprint density at radius 1 is 1.08 bits per heavy atom. The number of rotatable bonds is 4. The van der Waals surface area contributed by atoms with Crippen LogP contribution in [0.15, 0.2) is 48.7 Å². The van der Waals surface area contributed by atoms with E-state index < -0.39 is 0 Å². The molecule has 3 heterocycles. The average Bonchev–Trinajstić information content (AvgIpc) is 3.20. The minimum absolute atomic E-state index is 0.0627. The molecule has 1 atom stereocenters. The van der Waals surface area contributed by atoms with E-state index in [1.54, 1.807) is 18.3 Å². The van der Waals surface area contributed by atoms with Gasteiger partial charge in [0.25, 0.3) is 5.91 Å². The molecule has 2 aliphatic rings. The van der Waals surface area contributed by atoms with Crippen LogP contribution in [0.5, 0.6) is 11.5 Å². The summed E-state index contributed by atoms with van der Waals surface area (Å²) in [6.45, 7) is 4.93. The van der Waals surface area contributed by atoms with Crippen molar-refractivity contribution in [3.63, 3.8) is 0 Å². The standard InChI is InChI=1S/C20H23N3O3/c24-20(23-10-8-16(15-23)22-11-13-25-14-12-22)19-18(7-4-9-21-19)26-17-5-2-1-3-6-17/h1-7,9,16H,8,10-15H2. The molecule has 2 fully saturated rings. The summed E-state index contributed by atoms with van der Waals surface area (Å²) in [5.74, 6) is 1.13. The lowest BCUT2D eigenvalue weighted by atomic mass is 10.2. The summed E-state index contributed by atoms with van der Waals surface area (Å²) in [7, 11) is 0. The molecule has 4 rings (SSSR count). The summed E-state index contributed by atoms with van der Waals surface area (Å²) >= 11 is 0. The molecule has 2 aromatic rings. The van der Waals surface area contributed by atoms with Crippen LogP contribution in [-0.2, 0) is 4.74 Å². The van der Waals surface area contributed by atoms with E-state index in [9.17, 15) is 4.79 Å². The summed E-state index contributed by atoms with van der Waals surface area (Å²) in [5.41, 5.74) is 0.374. The van der Waals surface area contributed by atoms with E-state index in [0.717, 1.165) is 45.8 Å². The Labute approximate surface area is 153 Å². The highest BCUT2D eigenvalue weighted by atomic mass is 16.5. The maximum absolute atomic E-state index is 13.0. The van der Waals surface area contributed by atoms with Gasteiger partial charge in [-0.05, 0) is 30.7 Å². The first-order chi connectivity index (χ1) is 12.8. The molecule has 2 aliphatic heterocycles. The van der Waals surface area contributed by atoms with Gasteiger partial charge in [0.1, 0.15) is 5.75 Å². The zero-order valence-corrected chi connectivity index (χ0v) is 14.7. The molecule has 0 bridgehead atoms. The van der Waals surface area contributed by atoms with Crippen molar-refractivity contribution in [2.75, 3.05) is 39.4 Å². The Morgan fingerprint density at radius 3 is 2.69 bits per heavy atom. The number of morpholine rings is 1. The van der Waals surface area contributed by atoms with E-state index >= 15 is 0 Å². The Bertz CT molecular complexity index is 747. The van der Waals surface area contributed by atoms with Crippen molar-refractivity contribution in [3.8, 4) is 11.5 Å². The number of carbonyl (C=O) groups excluding carboxylic acids is 1. The molecule has 0 N–H and O–H groups in total. The highest BCUT2D eigenvalue weighted by Gasteiger charge is 2.33. The Morgan fingerprint density at radius 2 is 1.88 bits per heavy atom. The zero-order chi connectivity index (χ0) is 17.8. The van der Waals surface area contributed by atoms with Crippen LogP contribution < -0.4 is 4.74 Å². The summed E-state index contributed by atoms with van der Waals surface area (Å²) < 4.78 is 11.3. The van der Waals surface area contributed by atoms with Gasteiger partial charge < -0.3 is 14.4 Å². The summed E-state index contributed by atoms with van der Waals surface area (Å²) in [5, 5.41) is 0. The van der Waals surface area contributed by atoms with Crippen LogP contribution in [0.4, 0.5) is 0 Å². The Kier molecular flexibility index (Phi) is 5.13.